The lowest BCUT2D eigenvalue weighted by Crippen LogP contribution is -2.09. The normalized spacial score (nSPS) is 10.3. The molecule has 0 aliphatic rings. The van der Waals surface area contributed by atoms with Crippen LogP contribution in [0.1, 0.15) is 11.1 Å². The first-order chi connectivity index (χ1) is 11.8. The van der Waals surface area contributed by atoms with Gasteiger partial charge < -0.3 is 15.7 Å². The maximum absolute atomic E-state index is 9.28. The monoisotopic (exact) mass is 321 g/mol. The number of phenols is 1. The number of rotatable bonds is 7. The van der Waals surface area contributed by atoms with Crippen LogP contribution in [0.15, 0.2) is 61.1 Å². The Balaban J connectivity index is 1.50. The molecule has 0 spiro atoms. The minimum absolute atomic E-state index is 0.284. The molecule has 0 atom stereocenters. The van der Waals surface area contributed by atoms with Gasteiger partial charge in [0.05, 0.1) is 0 Å². The van der Waals surface area contributed by atoms with Crippen molar-refractivity contribution in [2.45, 2.75) is 13.0 Å². The molecule has 0 aliphatic heterocycles. The van der Waals surface area contributed by atoms with E-state index < -0.39 is 0 Å². The van der Waals surface area contributed by atoms with Crippen LogP contribution in [0.25, 0.3) is 0 Å². The fourth-order valence-corrected chi connectivity index (χ4v) is 2.22. The third-order valence-electron chi connectivity index (χ3n) is 3.49. The van der Waals surface area contributed by atoms with E-state index >= 15 is 0 Å². The fourth-order valence-electron chi connectivity index (χ4n) is 2.22. The van der Waals surface area contributed by atoms with Gasteiger partial charge in [0.25, 0.3) is 0 Å². The number of nitrogens with one attached hydrogen (secondary N) is 2. The maximum atomic E-state index is 9.28. The first-order valence-corrected chi connectivity index (χ1v) is 7.77. The Morgan fingerprint density at radius 1 is 0.917 bits per heavy atom. The zero-order chi connectivity index (χ0) is 16.6. The van der Waals surface area contributed by atoms with Crippen molar-refractivity contribution in [3.05, 3.63) is 72.2 Å². The van der Waals surface area contributed by atoms with Crippen LogP contribution < -0.4 is 10.6 Å². The van der Waals surface area contributed by atoms with Crippen LogP contribution in [0.2, 0.25) is 0 Å². The Kier molecular flexibility index (Phi) is 5.19. The van der Waals surface area contributed by atoms with Crippen molar-refractivity contribution in [1.82, 2.24) is 15.0 Å². The van der Waals surface area contributed by atoms with Crippen molar-refractivity contribution in [3.63, 3.8) is 0 Å². The van der Waals surface area contributed by atoms with Gasteiger partial charge in [-0.25, -0.2) is 4.98 Å². The Bertz CT molecular complexity index is 762. The van der Waals surface area contributed by atoms with Gasteiger partial charge in [-0.3, -0.25) is 4.98 Å². The number of hydrogen-bond donors (Lipinski definition) is 3. The number of phenolic OH excluding ortho intramolecular Hbond substituents is 1. The number of benzene rings is 1. The van der Waals surface area contributed by atoms with Gasteiger partial charge in [-0.05, 0) is 41.8 Å². The number of pyridine rings is 1. The van der Waals surface area contributed by atoms with Crippen molar-refractivity contribution >= 4 is 11.8 Å². The molecule has 3 N–H and O–H groups in total. The van der Waals surface area contributed by atoms with Crippen molar-refractivity contribution < 1.29 is 5.11 Å². The van der Waals surface area contributed by atoms with E-state index in [1.165, 1.54) is 0 Å². The van der Waals surface area contributed by atoms with Crippen LogP contribution in [0.4, 0.5) is 11.8 Å². The highest BCUT2D eigenvalue weighted by atomic mass is 16.3. The second-order valence-electron chi connectivity index (χ2n) is 5.32. The Morgan fingerprint density at radius 2 is 1.79 bits per heavy atom. The van der Waals surface area contributed by atoms with Gasteiger partial charge >= 0.3 is 0 Å². The lowest BCUT2D eigenvalue weighted by molar-refractivity contribution is 0.475. The van der Waals surface area contributed by atoms with Gasteiger partial charge in [0.1, 0.15) is 11.6 Å². The van der Waals surface area contributed by atoms with Crippen LogP contribution in [0, 0.1) is 0 Å². The van der Waals surface area contributed by atoms with Gasteiger partial charge in [0.2, 0.25) is 5.95 Å². The highest BCUT2D eigenvalue weighted by molar-refractivity contribution is 5.40. The van der Waals surface area contributed by atoms with Crippen molar-refractivity contribution in [2.24, 2.45) is 0 Å². The molecule has 3 aromatic rings. The van der Waals surface area contributed by atoms with Crippen LogP contribution in [0.3, 0.4) is 0 Å². The van der Waals surface area contributed by atoms with E-state index in [4.69, 9.17) is 0 Å². The first-order valence-electron chi connectivity index (χ1n) is 7.77. The standard InChI is InChI=1S/C18H19N5O/c24-16-5-3-14(4-6-16)7-10-20-17-8-11-21-18(23-17)22-13-15-2-1-9-19-12-15/h1-6,8-9,11-12,24H,7,10,13H2,(H2,20,21,22,23). The molecule has 24 heavy (non-hydrogen) atoms. The van der Waals surface area contributed by atoms with Crippen LogP contribution in [-0.2, 0) is 13.0 Å². The first kappa shape index (κ1) is 15.7. The number of nitrogens with zero attached hydrogens (tertiary/aromatic N) is 3. The minimum atomic E-state index is 0.284. The Hall–Kier alpha value is -3.15. The van der Waals surface area contributed by atoms with E-state index in [1.54, 1.807) is 24.5 Å². The molecule has 0 saturated carbocycles. The molecular formula is C18H19N5O. The van der Waals surface area contributed by atoms with E-state index in [0.717, 1.165) is 29.9 Å². The molecule has 3 rings (SSSR count). The third kappa shape index (κ3) is 4.67. The molecule has 0 unspecified atom stereocenters. The molecule has 0 bridgehead atoms. The van der Waals surface area contributed by atoms with E-state index in [0.29, 0.717) is 12.5 Å². The fraction of sp³-hybridized carbons (Fsp3) is 0.167. The van der Waals surface area contributed by atoms with Crippen molar-refractivity contribution in [1.29, 1.82) is 0 Å². The largest absolute Gasteiger partial charge is 0.508 e. The van der Waals surface area contributed by atoms with Gasteiger partial charge in [0, 0.05) is 31.7 Å². The van der Waals surface area contributed by atoms with E-state index in [9.17, 15) is 5.11 Å². The number of hydrogen-bond acceptors (Lipinski definition) is 6. The molecule has 1 aromatic carbocycles. The lowest BCUT2D eigenvalue weighted by atomic mass is 10.1. The van der Waals surface area contributed by atoms with E-state index in [-0.39, 0.29) is 5.75 Å². The SMILES string of the molecule is Oc1ccc(CCNc2ccnc(NCc3cccnc3)n2)cc1. The third-order valence-corrected chi connectivity index (χ3v) is 3.49. The quantitative estimate of drug-likeness (QED) is 0.621. The van der Waals surface area contributed by atoms with Gasteiger partial charge in [-0.2, -0.15) is 4.98 Å². The van der Waals surface area contributed by atoms with Gasteiger partial charge in [-0.15, -0.1) is 0 Å². The highest BCUT2D eigenvalue weighted by Crippen LogP contribution is 2.11. The molecule has 0 saturated heterocycles. The molecule has 0 radical (unpaired) electrons. The Labute approximate surface area is 140 Å². The molecule has 122 valence electrons. The summed E-state index contributed by atoms with van der Waals surface area (Å²) >= 11 is 0. The second kappa shape index (κ2) is 7.92. The summed E-state index contributed by atoms with van der Waals surface area (Å²) < 4.78 is 0. The molecule has 0 aliphatic carbocycles. The maximum Gasteiger partial charge on any atom is 0.224 e. The summed E-state index contributed by atoms with van der Waals surface area (Å²) in [6.07, 6.45) is 6.13. The highest BCUT2D eigenvalue weighted by Gasteiger charge is 2.00. The lowest BCUT2D eigenvalue weighted by Gasteiger charge is -2.08. The molecule has 0 amide bonds. The molecule has 0 fully saturated rings. The van der Waals surface area contributed by atoms with Gasteiger partial charge in [0.15, 0.2) is 0 Å². The predicted molar refractivity (Wildman–Crippen MR) is 93.9 cm³/mol. The summed E-state index contributed by atoms with van der Waals surface area (Å²) in [6.45, 7) is 1.38. The summed E-state index contributed by atoms with van der Waals surface area (Å²) in [5.41, 5.74) is 2.23. The second-order valence-corrected chi connectivity index (χ2v) is 5.32. The number of aromatic nitrogens is 3. The van der Waals surface area contributed by atoms with E-state index in [1.807, 2.05) is 36.5 Å². The molecule has 2 heterocycles. The summed E-state index contributed by atoms with van der Waals surface area (Å²) in [5, 5.41) is 15.7. The predicted octanol–water partition coefficient (Wildman–Crippen LogP) is 2.84. The summed E-state index contributed by atoms with van der Waals surface area (Å²) in [6, 6.07) is 13.0. The van der Waals surface area contributed by atoms with Crippen molar-refractivity contribution in [3.8, 4) is 5.75 Å². The smallest absolute Gasteiger partial charge is 0.224 e. The summed E-state index contributed by atoms with van der Waals surface area (Å²) in [5.74, 6) is 1.64. The van der Waals surface area contributed by atoms with E-state index in [2.05, 4.69) is 25.6 Å². The molecular weight excluding hydrogens is 302 g/mol. The van der Waals surface area contributed by atoms with Crippen LogP contribution in [0.5, 0.6) is 5.75 Å². The minimum Gasteiger partial charge on any atom is -0.508 e. The number of anilines is 2. The zero-order valence-electron chi connectivity index (χ0n) is 13.2. The van der Waals surface area contributed by atoms with Crippen LogP contribution >= 0.6 is 0 Å². The average Bonchev–Trinajstić information content (AvgIpc) is 2.63. The average molecular weight is 321 g/mol. The molecule has 2 aromatic heterocycles. The van der Waals surface area contributed by atoms with Crippen molar-refractivity contribution in [2.75, 3.05) is 17.2 Å². The Morgan fingerprint density at radius 3 is 2.58 bits per heavy atom. The van der Waals surface area contributed by atoms with Crippen LogP contribution in [-0.4, -0.2) is 26.6 Å². The summed E-state index contributed by atoms with van der Waals surface area (Å²) in [7, 11) is 0. The topological polar surface area (TPSA) is 83.0 Å². The zero-order valence-corrected chi connectivity index (χ0v) is 13.2. The molecule has 6 nitrogen and oxygen atoms in total. The summed E-state index contributed by atoms with van der Waals surface area (Å²) in [4.78, 5) is 12.7. The molecule has 6 heteroatoms. The van der Waals surface area contributed by atoms with Gasteiger partial charge in [-0.1, -0.05) is 18.2 Å². The number of aromatic hydroxyl groups is 1.